The third-order valence-corrected chi connectivity index (χ3v) is 2.69. The monoisotopic (exact) mass is 197 g/mol. The van der Waals surface area contributed by atoms with Crippen molar-refractivity contribution in [3.8, 4) is 0 Å². The molecule has 80 valence electrons. The third-order valence-electron chi connectivity index (χ3n) is 2.69. The number of allylic oxidation sites excluding steroid dienone is 1. The van der Waals surface area contributed by atoms with Gasteiger partial charge in [-0.25, -0.2) is 0 Å². The van der Waals surface area contributed by atoms with E-state index < -0.39 is 0 Å². The fourth-order valence-electron chi connectivity index (χ4n) is 1.85. The Morgan fingerprint density at radius 1 is 1.71 bits per heavy atom. The minimum Gasteiger partial charge on any atom is -0.469 e. The number of nitrogens with zero attached hydrogens (tertiary/aromatic N) is 1. The van der Waals surface area contributed by atoms with Crippen LogP contribution in [0.2, 0.25) is 0 Å². The van der Waals surface area contributed by atoms with Crippen molar-refractivity contribution in [1.82, 2.24) is 4.90 Å². The molecule has 0 aromatic heterocycles. The smallest absolute Gasteiger partial charge is 0.310 e. The summed E-state index contributed by atoms with van der Waals surface area (Å²) in [6, 6.07) is 0. The van der Waals surface area contributed by atoms with Crippen LogP contribution in [0.25, 0.3) is 0 Å². The van der Waals surface area contributed by atoms with Gasteiger partial charge in [-0.3, -0.25) is 4.79 Å². The van der Waals surface area contributed by atoms with Gasteiger partial charge < -0.3 is 9.64 Å². The van der Waals surface area contributed by atoms with Gasteiger partial charge >= 0.3 is 5.97 Å². The highest BCUT2D eigenvalue weighted by Crippen LogP contribution is 2.17. The maximum absolute atomic E-state index is 11.2. The molecule has 0 spiro atoms. The summed E-state index contributed by atoms with van der Waals surface area (Å²) in [5, 5.41) is 0. The van der Waals surface area contributed by atoms with E-state index in [9.17, 15) is 4.79 Å². The lowest BCUT2D eigenvalue weighted by atomic mass is 10.1. The molecule has 1 aliphatic rings. The van der Waals surface area contributed by atoms with Crippen molar-refractivity contribution in [2.75, 3.05) is 26.7 Å². The normalized spacial score (nSPS) is 22.2. The van der Waals surface area contributed by atoms with E-state index in [1.807, 2.05) is 6.08 Å². The number of methoxy groups -OCH3 is 1. The largest absolute Gasteiger partial charge is 0.469 e. The maximum Gasteiger partial charge on any atom is 0.310 e. The summed E-state index contributed by atoms with van der Waals surface area (Å²) < 4.78 is 4.73. The Morgan fingerprint density at radius 2 is 2.50 bits per heavy atom. The zero-order valence-electron chi connectivity index (χ0n) is 8.87. The SMILES string of the molecule is C=CCCCN1CCC(C(=O)OC)C1. The molecule has 1 heterocycles. The minimum absolute atomic E-state index is 0.0591. The van der Waals surface area contributed by atoms with Gasteiger partial charge in [0, 0.05) is 6.54 Å². The minimum atomic E-state index is -0.0591. The Bertz CT molecular complexity index is 203. The molecule has 1 aliphatic heterocycles. The quantitative estimate of drug-likeness (QED) is 0.379. The third kappa shape index (κ3) is 3.14. The van der Waals surface area contributed by atoms with Crippen LogP contribution in [-0.2, 0) is 9.53 Å². The van der Waals surface area contributed by atoms with Crippen molar-refractivity contribution in [2.24, 2.45) is 5.92 Å². The molecule has 1 atom stereocenters. The average Bonchev–Trinajstić information content (AvgIpc) is 2.66. The topological polar surface area (TPSA) is 29.5 Å². The van der Waals surface area contributed by atoms with E-state index >= 15 is 0 Å². The lowest BCUT2D eigenvalue weighted by Crippen LogP contribution is -2.24. The Morgan fingerprint density at radius 3 is 3.14 bits per heavy atom. The number of rotatable bonds is 5. The van der Waals surface area contributed by atoms with E-state index in [0.717, 1.165) is 38.9 Å². The van der Waals surface area contributed by atoms with Gasteiger partial charge in [-0.15, -0.1) is 6.58 Å². The first kappa shape index (κ1) is 11.2. The van der Waals surface area contributed by atoms with Crippen molar-refractivity contribution in [2.45, 2.75) is 19.3 Å². The van der Waals surface area contributed by atoms with Gasteiger partial charge in [0.1, 0.15) is 0 Å². The summed E-state index contributed by atoms with van der Waals surface area (Å²) in [5.41, 5.74) is 0. The zero-order chi connectivity index (χ0) is 10.4. The molecule has 0 N–H and O–H groups in total. The number of carbonyl (C=O) groups is 1. The number of ether oxygens (including phenoxy) is 1. The molecule has 1 fully saturated rings. The fraction of sp³-hybridized carbons (Fsp3) is 0.727. The predicted molar refractivity (Wildman–Crippen MR) is 56.0 cm³/mol. The van der Waals surface area contributed by atoms with Gasteiger partial charge in [0.05, 0.1) is 13.0 Å². The van der Waals surface area contributed by atoms with Gasteiger partial charge in [-0.1, -0.05) is 6.08 Å². The van der Waals surface area contributed by atoms with Gasteiger partial charge in [-0.2, -0.15) is 0 Å². The van der Waals surface area contributed by atoms with Crippen LogP contribution in [0, 0.1) is 5.92 Å². The first-order valence-corrected chi connectivity index (χ1v) is 5.19. The highest BCUT2D eigenvalue weighted by molar-refractivity contribution is 5.72. The van der Waals surface area contributed by atoms with Crippen molar-refractivity contribution >= 4 is 5.97 Å². The first-order valence-electron chi connectivity index (χ1n) is 5.19. The number of likely N-dealkylation sites (tertiary alicyclic amines) is 1. The van der Waals surface area contributed by atoms with E-state index in [0.29, 0.717) is 0 Å². The standard InChI is InChI=1S/C11H19NO2/c1-3-4-5-7-12-8-6-10(9-12)11(13)14-2/h3,10H,1,4-9H2,2H3. The predicted octanol–water partition coefficient (Wildman–Crippen LogP) is 1.45. The van der Waals surface area contributed by atoms with Crippen LogP contribution < -0.4 is 0 Å². The lowest BCUT2D eigenvalue weighted by Gasteiger charge is -2.14. The lowest BCUT2D eigenvalue weighted by molar-refractivity contribution is -0.144. The number of unbranched alkanes of at least 4 members (excludes halogenated alkanes) is 1. The number of carbonyl (C=O) groups excluding carboxylic acids is 1. The second-order valence-corrected chi connectivity index (χ2v) is 3.74. The van der Waals surface area contributed by atoms with Crippen LogP contribution in [0.15, 0.2) is 12.7 Å². The highest BCUT2D eigenvalue weighted by atomic mass is 16.5. The molecule has 14 heavy (non-hydrogen) atoms. The molecule has 0 aliphatic carbocycles. The molecule has 0 saturated carbocycles. The molecule has 0 radical (unpaired) electrons. The molecule has 3 heteroatoms. The molecule has 3 nitrogen and oxygen atoms in total. The van der Waals surface area contributed by atoms with Crippen molar-refractivity contribution in [1.29, 1.82) is 0 Å². The van der Waals surface area contributed by atoms with Crippen molar-refractivity contribution in [3.63, 3.8) is 0 Å². The number of hydrogen-bond donors (Lipinski definition) is 0. The molecule has 0 bridgehead atoms. The second kappa shape index (κ2) is 5.81. The Kier molecular flexibility index (Phi) is 4.66. The van der Waals surface area contributed by atoms with Crippen LogP contribution in [0.3, 0.4) is 0 Å². The summed E-state index contributed by atoms with van der Waals surface area (Å²) in [6.45, 7) is 6.65. The number of esters is 1. The summed E-state index contributed by atoms with van der Waals surface area (Å²) in [6.07, 6.45) is 5.07. The second-order valence-electron chi connectivity index (χ2n) is 3.74. The highest BCUT2D eigenvalue weighted by Gasteiger charge is 2.28. The summed E-state index contributed by atoms with van der Waals surface area (Å²) >= 11 is 0. The molecule has 0 aromatic rings. The van der Waals surface area contributed by atoms with Gasteiger partial charge in [-0.05, 0) is 32.4 Å². The first-order chi connectivity index (χ1) is 6.77. The molecular formula is C11H19NO2. The van der Waals surface area contributed by atoms with Crippen LogP contribution in [0.4, 0.5) is 0 Å². The average molecular weight is 197 g/mol. The summed E-state index contributed by atoms with van der Waals surface area (Å²) in [5.74, 6) is 0.0416. The van der Waals surface area contributed by atoms with Gasteiger partial charge in [0.2, 0.25) is 0 Å². The molecule has 1 saturated heterocycles. The Hall–Kier alpha value is -0.830. The Balaban J connectivity index is 2.20. The van der Waals surface area contributed by atoms with E-state index in [1.165, 1.54) is 7.11 Å². The maximum atomic E-state index is 11.2. The van der Waals surface area contributed by atoms with Crippen LogP contribution >= 0.6 is 0 Å². The van der Waals surface area contributed by atoms with Crippen LogP contribution in [-0.4, -0.2) is 37.6 Å². The van der Waals surface area contributed by atoms with E-state index in [-0.39, 0.29) is 11.9 Å². The zero-order valence-corrected chi connectivity index (χ0v) is 8.87. The van der Waals surface area contributed by atoms with Crippen LogP contribution in [0.1, 0.15) is 19.3 Å². The van der Waals surface area contributed by atoms with Gasteiger partial charge in [0.25, 0.3) is 0 Å². The van der Waals surface area contributed by atoms with Crippen molar-refractivity contribution < 1.29 is 9.53 Å². The molecule has 1 unspecified atom stereocenters. The fourth-order valence-corrected chi connectivity index (χ4v) is 1.85. The molecule has 0 aromatic carbocycles. The van der Waals surface area contributed by atoms with Crippen molar-refractivity contribution in [3.05, 3.63) is 12.7 Å². The molecule has 0 amide bonds. The van der Waals surface area contributed by atoms with E-state index in [4.69, 9.17) is 4.74 Å². The number of hydrogen-bond acceptors (Lipinski definition) is 3. The van der Waals surface area contributed by atoms with Crippen LogP contribution in [0.5, 0.6) is 0 Å². The molecular weight excluding hydrogens is 178 g/mol. The van der Waals surface area contributed by atoms with E-state index in [2.05, 4.69) is 11.5 Å². The van der Waals surface area contributed by atoms with E-state index in [1.54, 1.807) is 0 Å². The van der Waals surface area contributed by atoms with Gasteiger partial charge in [0.15, 0.2) is 0 Å². The summed E-state index contributed by atoms with van der Waals surface area (Å²) in [4.78, 5) is 13.5. The molecule has 1 rings (SSSR count). The Labute approximate surface area is 85.7 Å². The summed E-state index contributed by atoms with van der Waals surface area (Å²) in [7, 11) is 1.46.